The van der Waals surface area contributed by atoms with Gasteiger partial charge in [-0.2, -0.15) is 0 Å². The molecule has 0 unspecified atom stereocenters. The Bertz CT molecular complexity index is 1330. The fourth-order valence-corrected chi connectivity index (χ4v) is 4.48. The number of nitrogens with one attached hydrogen (secondary N) is 1. The number of aromatic nitrogens is 1. The average Bonchev–Trinajstić information content (AvgIpc) is 3.25. The van der Waals surface area contributed by atoms with E-state index in [0.717, 1.165) is 48.9 Å². The summed E-state index contributed by atoms with van der Waals surface area (Å²) in [5.74, 6) is 0. The summed E-state index contributed by atoms with van der Waals surface area (Å²) >= 11 is 0. The van der Waals surface area contributed by atoms with Crippen LogP contribution in [0.15, 0.2) is 78.9 Å². The molecule has 5 heteroatoms. The van der Waals surface area contributed by atoms with Crippen LogP contribution in [0.2, 0.25) is 0 Å². The number of hydrogen-bond donors (Lipinski definition) is 1. The van der Waals surface area contributed by atoms with Crippen LogP contribution < -0.4 is 0 Å². The SMILES string of the molecule is CC1=[N+]([B-](F)F)/C(=C(/c2ccccc2)c2[nH]c(C)c3ccccc23)c2ccccc21. The summed E-state index contributed by atoms with van der Waals surface area (Å²) in [5.41, 5.74) is 6.33. The summed E-state index contributed by atoms with van der Waals surface area (Å²) in [7, 11) is -2.64. The van der Waals surface area contributed by atoms with Crippen LogP contribution in [0.4, 0.5) is 8.63 Å². The van der Waals surface area contributed by atoms with Gasteiger partial charge >= 0.3 is 7.40 Å². The molecule has 1 aromatic heterocycles. The fourth-order valence-electron chi connectivity index (χ4n) is 4.48. The highest BCUT2D eigenvalue weighted by Gasteiger charge is 2.36. The molecule has 1 radical (unpaired) electrons. The lowest BCUT2D eigenvalue weighted by Crippen LogP contribution is -2.23. The average molecular weight is 397 g/mol. The quantitative estimate of drug-likeness (QED) is 0.400. The Balaban J connectivity index is 1.96. The molecule has 0 atom stereocenters. The molecule has 30 heavy (non-hydrogen) atoms. The zero-order valence-corrected chi connectivity index (χ0v) is 16.8. The van der Waals surface area contributed by atoms with E-state index in [4.69, 9.17) is 0 Å². The second-order valence-corrected chi connectivity index (χ2v) is 7.54. The van der Waals surface area contributed by atoms with Crippen LogP contribution in [0, 0.1) is 6.92 Å². The Morgan fingerprint density at radius 2 is 1.37 bits per heavy atom. The van der Waals surface area contributed by atoms with E-state index < -0.39 is 7.40 Å². The van der Waals surface area contributed by atoms with E-state index in [2.05, 4.69) is 11.1 Å². The lowest BCUT2D eigenvalue weighted by atomic mass is 9.93. The molecule has 147 valence electrons. The van der Waals surface area contributed by atoms with Crippen LogP contribution in [0.1, 0.15) is 35.0 Å². The Hall–Kier alpha value is -3.47. The molecule has 4 aromatic rings. The number of benzene rings is 3. The molecule has 0 aliphatic carbocycles. The van der Waals surface area contributed by atoms with Gasteiger partial charge in [-0.25, -0.2) is 0 Å². The topological polar surface area (TPSA) is 18.8 Å². The van der Waals surface area contributed by atoms with E-state index in [-0.39, 0.29) is 0 Å². The maximum absolute atomic E-state index is 14.4. The van der Waals surface area contributed by atoms with E-state index in [1.807, 2.05) is 79.7 Å². The molecule has 0 bridgehead atoms. The maximum atomic E-state index is 14.4. The van der Waals surface area contributed by atoms with E-state index in [1.165, 1.54) is 0 Å². The van der Waals surface area contributed by atoms with Crippen molar-refractivity contribution in [3.63, 3.8) is 0 Å². The molecular formula is C25H20BF2N2. The molecule has 0 spiro atoms. The first-order chi connectivity index (χ1) is 14.6. The third-order valence-electron chi connectivity index (χ3n) is 5.83. The van der Waals surface area contributed by atoms with Gasteiger partial charge in [-0.05, 0) is 24.6 Å². The molecule has 2 heterocycles. The van der Waals surface area contributed by atoms with Gasteiger partial charge in [0.2, 0.25) is 0 Å². The van der Waals surface area contributed by atoms with Crippen molar-refractivity contribution >= 4 is 35.2 Å². The van der Waals surface area contributed by atoms with Crippen LogP contribution in [0.5, 0.6) is 0 Å². The van der Waals surface area contributed by atoms with Crippen molar-refractivity contribution in [1.82, 2.24) is 4.98 Å². The summed E-state index contributed by atoms with van der Waals surface area (Å²) < 4.78 is 29.9. The summed E-state index contributed by atoms with van der Waals surface area (Å²) in [6.07, 6.45) is 0. The normalized spacial score (nSPS) is 15.2. The van der Waals surface area contributed by atoms with Crippen LogP contribution in [0.25, 0.3) is 22.0 Å². The number of H-pyrrole nitrogens is 1. The van der Waals surface area contributed by atoms with Crippen molar-refractivity contribution in [2.24, 2.45) is 0 Å². The standard InChI is InChI=1S/C25H20BF2N2/c1-16-19-12-6-8-14-21(19)24(29-16)23(18-10-4-3-5-11-18)25-22-15-9-7-13-20(22)17(2)30(25)26(27)28/h3-15,29H,1-2H3/b25-23-. The minimum absolute atomic E-state index is 0.538. The number of aryl methyl sites for hydroxylation is 1. The molecular weight excluding hydrogens is 377 g/mol. The van der Waals surface area contributed by atoms with Crippen molar-refractivity contribution in [2.45, 2.75) is 13.8 Å². The second-order valence-electron chi connectivity index (χ2n) is 7.54. The number of aromatic amines is 1. The monoisotopic (exact) mass is 397 g/mol. The smallest absolute Gasteiger partial charge is 0.433 e. The second kappa shape index (κ2) is 7.10. The van der Waals surface area contributed by atoms with Gasteiger partial charge in [-0.15, -0.1) is 0 Å². The first-order valence-electron chi connectivity index (χ1n) is 9.96. The number of rotatable bonds is 3. The summed E-state index contributed by atoms with van der Waals surface area (Å²) in [4.78, 5) is 3.49. The van der Waals surface area contributed by atoms with Gasteiger partial charge in [0.15, 0.2) is 5.70 Å². The van der Waals surface area contributed by atoms with Crippen LogP contribution in [0.3, 0.4) is 0 Å². The number of halogens is 2. The van der Waals surface area contributed by atoms with Gasteiger partial charge in [-0.3, -0.25) is 0 Å². The highest BCUT2D eigenvalue weighted by molar-refractivity contribution is 6.37. The van der Waals surface area contributed by atoms with E-state index in [1.54, 1.807) is 6.92 Å². The highest BCUT2D eigenvalue weighted by atomic mass is 19.2. The van der Waals surface area contributed by atoms with Gasteiger partial charge in [-0.1, -0.05) is 66.7 Å². The largest absolute Gasteiger partial charge is 0.609 e. The van der Waals surface area contributed by atoms with E-state index >= 15 is 0 Å². The van der Waals surface area contributed by atoms with Gasteiger partial charge in [0.25, 0.3) is 0 Å². The zero-order valence-electron chi connectivity index (χ0n) is 16.8. The van der Waals surface area contributed by atoms with Crippen molar-refractivity contribution in [2.75, 3.05) is 0 Å². The minimum Gasteiger partial charge on any atom is -0.433 e. The number of nitrogens with zero attached hydrogens (tertiary/aromatic N) is 1. The van der Waals surface area contributed by atoms with Gasteiger partial charge in [0.1, 0.15) is 5.71 Å². The van der Waals surface area contributed by atoms with Crippen molar-refractivity contribution in [3.05, 3.63) is 107 Å². The maximum Gasteiger partial charge on any atom is 0.609 e. The minimum atomic E-state index is -2.64. The van der Waals surface area contributed by atoms with E-state index in [9.17, 15) is 8.63 Å². The Labute approximate surface area is 174 Å². The zero-order chi connectivity index (χ0) is 20.8. The van der Waals surface area contributed by atoms with E-state index in [0.29, 0.717) is 11.4 Å². The first kappa shape index (κ1) is 18.6. The van der Waals surface area contributed by atoms with Gasteiger partial charge in [0.05, 0.1) is 16.8 Å². The van der Waals surface area contributed by atoms with Gasteiger partial charge < -0.3 is 18.1 Å². The Morgan fingerprint density at radius 3 is 2.07 bits per heavy atom. The third kappa shape index (κ3) is 2.73. The van der Waals surface area contributed by atoms with Crippen molar-refractivity contribution < 1.29 is 13.1 Å². The molecule has 0 saturated carbocycles. The van der Waals surface area contributed by atoms with Crippen LogP contribution >= 0.6 is 0 Å². The van der Waals surface area contributed by atoms with Crippen LogP contribution in [-0.2, 0) is 0 Å². The predicted molar refractivity (Wildman–Crippen MR) is 120 cm³/mol. The molecule has 0 amide bonds. The van der Waals surface area contributed by atoms with Crippen molar-refractivity contribution in [3.8, 4) is 0 Å². The Kier molecular flexibility index (Phi) is 4.39. The number of fused-ring (bicyclic) bond motifs is 2. The lowest BCUT2D eigenvalue weighted by Gasteiger charge is -2.16. The van der Waals surface area contributed by atoms with Gasteiger partial charge in [0, 0.05) is 29.0 Å². The third-order valence-corrected chi connectivity index (χ3v) is 5.83. The molecule has 0 saturated heterocycles. The molecule has 1 aliphatic heterocycles. The Morgan fingerprint density at radius 1 is 0.767 bits per heavy atom. The molecule has 1 N–H and O–H groups in total. The lowest BCUT2D eigenvalue weighted by molar-refractivity contribution is -0.296. The molecule has 1 aliphatic rings. The summed E-state index contributed by atoms with van der Waals surface area (Å²) in [6.45, 7) is 3.78. The van der Waals surface area contributed by atoms with Crippen LogP contribution in [-0.4, -0.2) is 22.6 Å². The summed E-state index contributed by atoms with van der Waals surface area (Å²) in [6, 6.07) is 25.5. The number of hydrogen-bond acceptors (Lipinski definition) is 0. The molecule has 5 rings (SSSR count). The highest BCUT2D eigenvalue weighted by Crippen LogP contribution is 2.41. The fraction of sp³-hybridized carbons (Fsp3) is 0.0800. The molecule has 3 aromatic carbocycles. The first-order valence-corrected chi connectivity index (χ1v) is 9.96. The molecule has 2 nitrogen and oxygen atoms in total. The molecule has 0 fully saturated rings. The predicted octanol–water partition coefficient (Wildman–Crippen LogP) is 6.15. The summed E-state index contributed by atoms with van der Waals surface area (Å²) in [5, 5.41) is 2.12. The van der Waals surface area contributed by atoms with Crippen molar-refractivity contribution in [1.29, 1.82) is 0 Å².